The summed E-state index contributed by atoms with van der Waals surface area (Å²) >= 11 is 5.23. The van der Waals surface area contributed by atoms with Crippen molar-refractivity contribution in [3.63, 3.8) is 0 Å². The maximum atomic E-state index is 10.1. The molecule has 0 saturated carbocycles. The highest BCUT2D eigenvalue weighted by molar-refractivity contribution is 9.10. The van der Waals surface area contributed by atoms with Gasteiger partial charge in [-0.1, -0.05) is 0 Å². The van der Waals surface area contributed by atoms with E-state index in [0.717, 1.165) is 4.47 Å². The van der Waals surface area contributed by atoms with Crippen LogP contribution in [0.15, 0.2) is 15.9 Å². The van der Waals surface area contributed by atoms with Crippen molar-refractivity contribution < 1.29 is 9.84 Å². The number of aliphatic hydroxyl groups is 1. The molecule has 1 aromatic rings. The minimum absolute atomic E-state index is 0.235. The van der Waals surface area contributed by atoms with Gasteiger partial charge in [-0.25, -0.2) is 0 Å². The highest BCUT2D eigenvalue weighted by Crippen LogP contribution is 2.28. The zero-order valence-corrected chi connectivity index (χ0v) is 12.9. The van der Waals surface area contributed by atoms with Gasteiger partial charge in [0.15, 0.2) is 0 Å². The zero-order valence-electron chi connectivity index (χ0n) is 10.5. The largest absolute Gasteiger partial charge is 0.389 e. The van der Waals surface area contributed by atoms with Crippen molar-refractivity contribution >= 4 is 27.3 Å². The molecule has 0 aliphatic heterocycles. The second-order valence-corrected chi connectivity index (χ2v) is 6.28. The van der Waals surface area contributed by atoms with Crippen LogP contribution in [0.2, 0.25) is 0 Å². The second kappa shape index (κ2) is 6.85. The van der Waals surface area contributed by atoms with Gasteiger partial charge < -0.3 is 15.2 Å². The molecule has 0 bridgehead atoms. The van der Waals surface area contributed by atoms with Crippen LogP contribution in [-0.4, -0.2) is 31.0 Å². The minimum Gasteiger partial charge on any atom is -0.389 e. The van der Waals surface area contributed by atoms with Crippen molar-refractivity contribution in [1.29, 1.82) is 0 Å². The van der Waals surface area contributed by atoms with Gasteiger partial charge in [-0.05, 0) is 41.2 Å². The molecule has 98 valence electrons. The van der Waals surface area contributed by atoms with Crippen molar-refractivity contribution in [2.75, 3.05) is 20.3 Å². The van der Waals surface area contributed by atoms with E-state index in [1.54, 1.807) is 18.4 Å². The van der Waals surface area contributed by atoms with Gasteiger partial charge in [0.2, 0.25) is 0 Å². The third kappa shape index (κ3) is 5.06. The monoisotopic (exact) mass is 321 g/mol. The van der Waals surface area contributed by atoms with E-state index < -0.39 is 5.60 Å². The van der Waals surface area contributed by atoms with Gasteiger partial charge >= 0.3 is 0 Å². The van der Waals surface area contributed by atoms with Crippen LogP contribution < -0.4 is 5.32 Å². The Kier molecular flexibility index (Phi) is 6.09. The SMILES string of the molecule is COCCC(C)(O)CNC(C)c1sccc1Br. The van der Waals surface area contributed by atoms with E-state index in [9.17, 15) is 5.11 Å². The van der Waals surface area contributed by atoms with E-state index >= 15 is 0 Å². The van der Waals surface area contributed by atoms with Crippen molar-refractivity contribution in [2.45, 2.75) is 31.9 Å². The van der Waals surface area contributed by atoms with Gasteiger partial charge in [-0.2, -0.15) is 0 Å². The lowest BCUT2D eigenvalue weighted by Gasteiger charge is -2.25. The summed E-state index contributed by atoms with van der Waals surface area (Å²) in [5, 5.41) is 15.5. The molecule has 0 aliphatic carbocycles. The van der Waals surface area contributed by atoms with E-state index in [1.165, 1.54) is 4.88 Å². The predicted octanol–water partition coefficient (Wildman–Crippen LogP) is 2.95. The summed E-state index contributed by atoms with van der Waals surface area (Å²) < 4.78 is 6.11. The molecule has 0 aromatic carbocycles. The first-order valence-corrected chi connectivity index (χ1v) is 7.31. The normalized spacial score (nSPS) is 16.8. The van der Waals surface area contributed by atoms with Crippen LogP contribution in [0.3, 0.4) is 0 Å². The highest BCUT2D eigenvalue weighted by atomic mass is 79.9. The smallest absolute Gasteiger partial charge is 0.0765 e. The lowest BCUT2D eigenvalue weighted by Crippen LogP contribution is -2.39. The third-order valence-electron chi connectivity index (χ3n) is 2.67. The number of methoxy groups -OCH3 is 1. The Labute approximate surface area is 115 Å². The van der Waals surface area contributed by atoms with Crippen molar-refractivity contribution in [3.05, 3.63) is 20.8 Å². The molecule has 5 heteroatoms. The Morgan fingerprint density at radius 2 is 2.35 bits per heavy atom. The molecule has 1 heterocycles. The molecule has 0 spiro atoms. The van der Waals surface area contributed by atoms with Gasteiger partial charge in [0.1, 0.15) is 0 Å². The summed E-state index contributed by atoms with van der Waals surface area (Å²) in [7, 11) is 1.65. The number of halogens is 1. The third-order valence-corrected chi connectivity index (χ3v) is 4.73. The summed E-state index contributed by atoms with van der Waals surface area (Å²) in [4.78, 5) is 1.26. The van der Waals surface area contributed by atoms with Crippen LogP contribution in [0, 0.1) is 0 Å². The Bertz CT molecular complexity index is 341. The molecular weight excluding hydrogens is 302 g/mol. The van der Waals surface area contributed by atoms with E-state index in [0.29, 0.717) is 19.6 Å². The number of rotatable bonds is 7. The van der Waals surface area contributed by atoms with E-state index in [-0.39, 0.29) is 6.04 Å². The quantitative estimate of drug-likeness (QED) is 0.811. The van der Waals surface area contributed by atoms with Crippen LogP contribution >= 0.6 is 27.3 Å². The van der Waals surface area contributed by atoms with Gasteiger partial charge in [0.05, 0.1) is 5.60 Å². The molecule has 1 rings (SSSR count). The molecule has 0 saturated heterocycles. The molecule has 0 fully saturated rings. The minimum atomic E-state index is -0.728. The average molecular weight is 322 g/mol. The Morgan fingerprint density at radius 3 is 2.88 bits per heavy atom. The van der Waals surface area contributed by atoms with Gasteiger partial charge in [-0.15, -0.1) is 11.3 Å². The van der Waals surface area contributed by atoms with Crippen LogP contribution in [-0.2, 0) is 4.74 Å². The molecule has 2 unspecified atom stereocenters. The van der Waals surface area contributed by atoms with E-state index in [2.05, 4.69) is 33.6 Å². The summed E-state index contributed by atoms with van der Waals surface area (Å²) in [5.74, 6) is 0. The summed E-state index contributed by atoms with van der Waals surface area (Å²) in [5.41, 5.74) is -0.728. The summed E-state index contributed by atoms with van der Waals surface area (Å²) in [6.07, 6.45) is 0.634. The molecule has 0 amide bonds. The van der Waals surface area contributed by atoms with Crippen LogP contribution in [0.25, 0.3) is 0 Å². The Morgan fingerprint density at radius 1 is 1.65 bits per heavy atom. The molecule has 0 aliphatic rings. The Hall–Kier alpha value is 0.0600. The first-order chi connectivity index (χ1) is 7.96. The van der Waals surface area contributed by atoms with E-state index in [4.69, 9.17) is 4.74 Å². The number of hydrogen-bond acceptors (Lipinski definition) is 4. The molecule has 3 nitrogen and oxygen atoms in total. The average Bonchev–Trinajstić information content (AvgIpc) is 2.70. The first-order valence-electron chi connectivity index (χ1n) is 5.64. The lowest BCUT2D eigenvalue weighted by molar-refractivity contribution is 0.0232. The fourth-order valence-corrected chi connectivity index (χ4v) is 3.24. The van der Waals surface area contributed by atoms with Gasteiger partial charge in [-0.3, -0.25) is 0 Å². The maximum absolute atomic E-state index is 10.1. The first kappa shape index (κ1) is 15.1. The van der Waals surface area contributed by atoms with Crippen LogP contribution in [0.5, 0.6) is 0 Å². The van der Waals surface area contributed by atoms with Crippen molar-refractivity contribution in [3.8, 4) is 0 Å². The fourth-order valence-electron chi connectivity index (χ4n) is 1.49. The van der Waals surface area contributed by atoms with Crippen molar-refractivity contribution in [2.24, 2.45) is 0 Å². The number of nitrogens with one attached hydrogen (secondary N) is 1. The number of hydrogen-bond donors (Lipinski definition) is 2. The van der Waals surface area contributed by atoms with Gasteiger partial charge in [0, 0.05) is 42.1 Å². The summed E-state index contributed by atoms with van der Waals surface area (Å²) in [6.45, 7) is 5.06. The topological polar surface area (TPSA) is 41.5 Å². The summed E-state index contributed by atoms with van der Waals surface area (Å²) in [6, 6.07) is 2.28. The van der Waals surface area contributed by atoms with Crippen molar-refractivity contribution in [1.82, 2.24) is 5.32 Å². The van der Waals surface area contributed by atoms with Crippen LogP contribution in [0.4, 0.5) is 0 Å². The predicted molar refractivity (Wildman–Crippen MR) is 75.6 cm³/mol. The Balaban J connectivity index is 2.42. The maximum Gasteiger partial charge on any atom is 0.0765 e. The highest BCUT2D eigenvalue weighted by Gasteiger charge is 2.21. The van der Waals surface area contributed by atoms with Gasteiger partial charge in [0.25, 0.3) is 0 Å². The molecule has 17 heavy (non-hydrogen) atoms. The zero-order chi connectivity index (χ0) is 12.9. The lowest BCUT2D eigenvalue weighted by atomic mass is 10.0. The molecule has 0 radical (unpaired) electrons. The number of thiophene rings is 1. The fraction of sp³-hybridized carbons (Fsp3) is 0.667. The second-order valence-electron chi connectivity index (χ2n) is 4.48. The van der Waals surface area contributed by atoms with E-state index in [1.807, 2.05) is 13.0 Å². The molecule has 2 N–H and O–H groups in total. The van der Waals surface area contributed by atoms with Crippen LogP contribution in [0.1, 0.15) is 31.2 Å². The standard InChI is InChI=1S/C12H20BrNO2S/c1-9(11-10(13)4-7-17-11)14-8-12(2,15)5-6-16-3/h4,7,9,14-15H,5-6,8H2,1-3H3. The molecular formula is C12H20BrNO2S. The molecule has 1 aromatic heterocycles. The molecule has 2 atom stereocenters. The number of ether oxygens (including phenoxy) is 1.